The van der Waals surface area contributed by atoms with Crippen molar-refractivity contribution in [3.8, 4) is 5.75 Å². The van der Waals surface area contributed by atoms with Crippen LogP contribution in [0.1, 0.15) is 43.1 Å². The van der Waals surface area contributed by atoms with E-state index in [2.05, 4.69) is 10.4 Å². The number of ether oxygens (including phenoxy) is 1. The van der Waals surface area contributed by atoms with Gasteiger partial charge in [-0.15, -0.1) is 0 Å². The zero-order valence-electron chi connectivity index (χ0n) is 21.0. The summed E-state index contributed by atoms with van der Waals surface area (Å²) < 4.78 is 5.40. The first-order chi connectivity index (χ1) is 19.1. The topological polar surface area (TPSA) is 198 Å². The molecule has 0 spiro atoms. The molecule has 0 aliphatic carbocycles. The number of aliphatic imine (C=N–C) groups is 1. The van der Waals surface area contributed by atoms with E-state index >= 15 is 0 Å². The number of hydrogen-bond acceptors (Lipinski definition) is 7. The van der Waals surface area contributed by atoms with Crippen molar-refractivity contribution in [3.63, 3.8) is 0 Å². The van der Waals surface area contributed by atoms with Gasteiger partial charge in [0.05, 0.1) is 16.8 Å². The highest BCUT2D eigenvalue weighted by molar-refractivity contribution is 6.31. The summed E-state index contributed by atoms with van der Waals surface area (Å²) in [6.07, 6.45) is 0.768. The third-order valence-electron chi connectivity index (χ3n) is 5.58. The molecule has 1 amide bonds. The Morgan fingerprint density at radius 2 is 1.65 bits per heavy atom. The van der Waals surface area contributed by atoms with E-state index in [1.165, 1.54) is 42.5 Å². The van der Waals surface area contributed by atoms with E-state index in [1.54, 1.807) is 24.3 Å². The third-order valence-corrected chi connectivity index (χ3v) is 5.93. The van der Waals surface area contributed by atoms with Crippen LogP contribution in [0.2, 0.25) is 5.02 Å². The largest absolute Gasteiger partial charge is 0.480 e. The Morgan fingerprint density at radius 3 is 2.27 bits per heavy atom. The first-order valence-electron chi connectivity index (χ1n) is 11.8. The maximum Gasteiger partial charge on any atom is 0.343 e. The summed E-state index contributed by atoms with van der Waals surface area (Å²) in [5.41, 5.74) is 9.15. The molecule has 0 aromatic heterocycles. The molecule has 0 radical (unpaired) electrons. The van der Waals surface area contributed by atoms with Crippen LogP contribution in [-0.2, 0) is 11.2 Å². The highest BCUT2D eigenvalue weighted by atomic mass is 35.5. The van der Waals surface area contributed by atoms with Crippen LogP contribution >= 0.6 is 11.6 Å². The van der Waals surface area contributed by atoms with E-state index in [0.717, 1.165) is 4.90 Å². The maximum absolute atomic E-state index is 12.9. The fourth-order valence-electron chi connectivity index (χ4n) is 3.65. The molecule has 3 aromatic rings. The van der Waals surface area contributed by atoms with Crippen LogP contribution in [0, 0.1) is 0 Å². The Kier molecular flexibility index (Phi) is 10.2. The Morgan fingerprint density at radius 1 is 0.950 bits per heavy atom. The number of hydrogen-bond donors (Lipinski definition) is 5. The third kappa shape index (κ3) is 8.28. The minimum atomic E-state index is -1.20. The lowest BCUT2D eigenvalue weighted by molar-refractivity contribution is -0.137. The zero-order valence-corrected chi connectivity index (χ0v) is 21.8. The van der Waals surface area contributed by atoms with E-state index in [1.807, 2.05) is 0 Å². The van der Waals surface area contributed by atoms with Crippen molar-refractivity contribution >= 4 is 47.1 Å². The predicted molar refractivity (Wildman–Crippen MR) is 147 cm³/mol. The lowest BCUT2D eigenvalue weighted by atomic mass is 10.1. The van der Waals surface area contributed by atoms with Crippen LogP contribution in [0.5, 0.6) is 5.75 Å². The molecule has 0 saturated heterocycles. The average molecular weight is 568 g/mol. The van der Waals surface area contributed by atoms with Crippen molar-refractivity contribution in [1.29, 1.82) is 0 Å². The first-order valence-corrected chi connectivity index (χ1v) is 12.2. The predicted octanol–water partition coefficient (Wildman–Crippen LogP) is 2.83. The number of amides is 1. The molecule has 3 rings (SSSR count). The number of halogens is 1. The number of carbonyl (C=O) groups is 4. The molecule has 0 bridgehead atoms. The SMILES string of the molecule is NNC(N)=Nc1ccc(C(=O)Oc2ccc(CCCN(CC(=O)O)C(=O)c3cccc(C(=O)O)c3)c(Cl)c2)cc1. The van der Waals surface area contributed by atoms with Crippen molar-refractivity contribution in [2.75, 3.05) is 13.1 Å². The van der Waals surface area contributed by atoms with E-state index in [-0.39, 0.29) is 34.9 Å². The molecule has 12 nitrogen and oxygen atoms in total. The van der Waals surface area contributed by atoms with Gasteiger partial charge >= 0.3 is 17.9 Å². The minimum absolute atomic E-state index is 0.0109. The van der Waals surface area contributed by atoms with E-state index in [0.29, 0.717) is 29.1 Å². The number of aryl methyl sites for hydroxylation is 1. The van der Waals surface area contributed by atoms with Gasteiger partial charge in [-0.25, -0.2) is 20.4 Å². The van der Waals surface area contributed by atoms with Crippen molar-refractivity contribution in [1.82, 2.24) is 10.3 Å². The fraction of sp³-hybridized carbons (Fsp3) is 0.148. The standard InChI is InChI=1S/C27H26ClN5O7/c28-22-14-21(40-26(39)17-6-9-20(10-7-17)31-27(29)32-30)11-8-16(22)5-2-12-33(15-23(34)35)24(36)18-3-1-4-19(13-18)25(37)38/h1,3-4,6-11,13-14H,2,5,12,15,30H2,(H,34,35)(H,37,38)(H3,29,31,32). The lowest BCUT2D eigenvalue weighted by Crippen LogP contribution is -2.36. The van der Waals surface area contributed by atoms with Gasteiger partial charge in [-0.05, 0) is 73.0 Å². The number of nitrogens with one attached hydrogen (secondary N) is 1. The van der Waals surface area contributed by atoms with E-state index in [9.17, 15) is 24.3 Å². The maximum atomic E-state index is 12.9. The molecule has 0 unspecified atom stereocenters. The molecule has 0 aliphatic heterocycles. The molecule has 0 atom stereocenters. The monoisotopic (exact) mass is 567 g/mol. The average Bonchev–Trinajstić information content (AvgIpc) is 2.93. The highest BCUT2D eigenvalue weighted by Crippen LogP contribution is 2.25. The molecule has 208 valence electrons. The van der Waals surface area contributed by atoms with Gasteiger partial charge in [0, 0.05) is 17.1 Å². The van der Waals surface area contributed by atoms with Gasteiger partial charge in [0.15, 0.2) is 0 Å². The van der Waals surface area contributed by atoms with Gasteiger partial charge in [0.25, 0.3) is 5.91 Å². The molecule has 40 heavy (non-hydrogen) atoms. The molecule has 0 fully saturated rings. The second-order valence-electron chi connectivity index (χ2n) is 8.44. The molecule has 13 heteroatoms. The van der Waals surface area contributed by atoms with Gasteiger partial charge in [0.1, 0.15) is 12.3 Å². The lowest BCUT2D eigenvalue weighted by Gasteiger charge is -2.21. The van der Waals surface area contributed by atoms with Gasteiger partial charge < -0.3 is 25.6 Å². The van der Waals surface area contributed by atoms with Crippen molar-refractivity contribution in [2.24, 2.45) is 16.6 Å². The van der Waals surface area contributed by atoms with Gasteiger partial charge in [0.2, 0.25) is 5.96 Å². The van der Waals surface area contributed by atoms with Gasteiger partial charge in [-0.2, -0.15) is 0 Å². The number of carbonyl (C=O) groups excluding carboxylic acids is 2. The summed E-state index contributed by atoms with van der Waals surface area (Å²) in [5.74, 6) is 1.79. The highest BCUT2D eigenvalue weighted by Gasteiger charge is 2.20. The number of carboxylic acid groups (broad SMARTS) is 2. The number of aromatic carboxylic acids is 1. The number of rotatable bonds is 11. The number of nitrogens with zero attached hydrogens (tertiary/aromatic N) is 2. The normalized spacial score (nSPS) is 11.0. The number of carboxylic acids is 2. The second-order valence-corrected chi connectivity index (χ2v) is 8.85. The summed E-state index contributed by atoms with van der Waals surface area (Å²) in [4.78, 5) is 53.1. The summed E-state index contributed by atoms with van der Waals surface area (Å²) in [6.45, 7) is -0.466. The van der Waals surface area contributed by atoms with Gasteiger partial charge in [-0.1, -0.05) is 23.7 Å². The van der Waals surface area contributed by atoms with E-state index in [4.69, 9.17) is 33.0 Å². The summed E-state index contributed by atoms with van der Waals surface area (Å²) in [7, 11) is 0. The van der Waals surface area contributed by atoms with Crippen LogP contribution in [0.3, 0.4) is 0 Å². The van der Waals surface area contributed by atoms with Crippen molar-refractivity contribution in [3.05, 3.63) is 94.0 Å². The Balaban J connectivity index is 1.61. The molecule has 0 saturated carbocycles. The molecular formula is C27H26ClN5O7. The number of esters is 1. The van der Waals surface area contributed by atoms with E-state index < -0.39 is 30.4 Å². The number of benzene rings is 3. The van der Waals surface area contributed by atoms with Crippen LogP contribution in [0.4, 0.5) is 5.69 Å². The van der Waals surface area contributed by atoms with Crippen LogP contribution in [-0.4, -0.2) is 58.0 Å². The molecule has 0 aliphatic rings. The van der Waals surface area contributed by atoms with Crippen molar-refractivity contribution in [2.45, 2.75) is 12.8 Å². The first kappa shape index (κ1) is 29.6. The quantitative estimate of drug-likeness (QED) is 0.0573. The number of guanidine groups is 1. The number of hydrazine groups is 1. The van der Waals surface area contributed by atoms with Crippen LogP contribution in [0.15, 0.2) is 71.7 Å². The van der Waals surface area contributed by atoms with Gasteiger partial charge in [-0.3, -0.25) is 15.0 Å². The molecule has 3 aromatic carbocycles. The second kappa shape index (κ2) is 13.7. The molecule has 0 heterocycles. The Hall–Kier alpha value is -4.94. The zero-order chi connectivity index (χ0) is 29.2. The summed E-state index contributed by atoms with van der Waals surface area (Å²) >= 11 is 6.38. The fourth-order valence-corrected chi connectivity index (χ4v) is 3.91. The Labute approximate surface area is 233 Å². The summed E-state index contributed by atoms with van der Waals surface area (Å²) in [5, 5.41) is 18.7. The minimum Gasteiger partial charge on any atom is -0.480 e. The van der Waals surface area contributed by atoms with Crippen LogP contribution < -0.4 is 21.7 Å². The van der Waals surface area contributed by atoms with Crippen LogP contribution in [0.25, 0.3) is 0 Å². The Bertz CT molecular complexity index is 1440. The molecular weight excluding hydrogens is 542 g/mol. The smallest absolute Gasteiger partial charge is 0.343 e. The van der Waals surface area contributed by atoms with Crippen molar-refractivity contribution < 1.29 is 34.1 Å². The number of aliphatic carboxylic acids is 1. The molecule has 7 N–H and O–H groups in total. The number of nitrogens with two attached hydrogens (primary N) is 2. The summed E-state index contributed by atoms with van der Waals surface area (Å²) in [6, 6.07) is 16.3.